The van der Waals surface area contributed by atoms with E-state index < -0.39 is 17.3 Å². The molecule has 2 aromatic rings. The number of hydrogen-bond donors (Lipinski definition) is 0. The minimum absolute atomic E-state index is 0. The summed E-state index contributed by atoms with van der Waals surface area (Å²) in [5.41, 5.74) is 0.748. The molecule has 0 fully saturated rings. The van der Waals surface area contributed by atoms with Gasteiger partial charge in [0.05, 0.1) is 17.2 Å². The number of aromatic nitrogens is 2. The third-order valence-electron chi connectivity index (χ3n) is 3.69. The van der Waals surface area contributed by atoms with Crippen LogP contribution in [-0.4, -0.2) is 20.4 Å². The quantitative estimate of drug-likeness (QED) is 0.340. The van der Waals surface area contributed by atoms with Crippen LogP contribution < -0.4 is 34.7 Å². The van der Waals surface area contributed by atoms with Crippen LogP contribution in [0, 0.1) is 10.1 Å². The summed E-state index contributed by atoms with van der Waals surface area (Å²) in [5, 5.41) is 22.3. The maximum Gasteiger partial charge on any atom is 1.00 e. The van der Waals surface area contributed by atoms with E-state index in [1.165, 1.54) is 6.07 Å². The number of carbonyl (C=O) groups excluding carboxylic acids is 1. The van der Waals surface area contributed by atoms with Crippen LogP contribution in [0.25, 0.3) is 0 Å². The van der Waals surface area contributed by atoms with Gasteiger partial charge in [-0.1, -0.05) is 43.1 Å². The van der Waals surface area contributed by atoms with Crippen molar-refractivity contribution < 1.29 is 44.4 Å². The molecule has 1 aromatic carbocycles. The number of rotatable bonds is 8. The van der Waals surface area contributed by atoms with Crippen LogP contribution in [0.2, 0.25) is 5.15 Å². The number of hydrogen-bond acceptors (Lipinski definition) is 5. The van der Waals surface area contributed by atoms with Gasteiger partial charge in [-0.2, -0.15) is 0 Å². The largest absolute Gasteiger partial charge is 1.00 e. The van der Waals surface area contributed by atoms with Crippen LogP contribution in [0.1, 0.15) is 36.8 Å². The normalized spacial score (nSPS) is 10.3. The Morgan fingerprint density at radius 2 is 2.04 bits per heavy atom. The molecule has 7 nitrogen and oxygen atoms in total. The second kappa shape index (κ2) is 9.91. The summed E-state index contributed by atoms with van der Waals surface area (Å²) in [6.07, 6.45) is 2.02. The average molecular weight is 374 g/mol. The summed E-state index contributed by atoms with van der Waals surface area (Å²) in [6, 6.07) is 6.34. The number of carboxylic acids is 1. The molecule has 0 N–H and O–H groups in total. The first-order valence-electron chi connectivity index (χ1n) is 7.60. The molecular weight excluding hydrogens is 357 g/mol. The Bertz CT molecular complexity index is 764. The van der Waals surface area contributed by atoms with Crippen molar-refractivity contribution in [3.63, 3.8) is 0 Å². The third-order valence-corrected chi connectivity index (χ3v) is 3.99. The molecule has 0 amide bonds. The van der Waals surface area contributed by atoms with Gasteiger partial charge in [0.25, 0.3) is 5.69 Å². The van der Waals surface area contributed by atoms with E-state index in [2.05, 4.69) is 4.98 Å². The molecule has 0 saturated heterocycles. The fourth-order valence-corrected chi connectivity index (χ4v) is 2.78. The maximum atomic E-state index is 11.2. The fraction of sp³-hybridized carbons (Fsp3) is 0.375. The summed E-state index contributed by atoms with van der Waals surface area (Å²) in [7, 11) is 0. The van der Waals surface area contributed by atoms with Crippen LogP contribution in [-0.2, 0) is 24.2 Å². The van der Waals surface area contributed by atoms with Crippen LogP contribution in [0.15, 0.2) is 24.3 Å². The van der Waals surface area contributed by atoms with Gasteiger partial charge < -0.3 is 14.5 Å². The second-order valence-corrected chi connectivity index (χ2v) is 5.75. The van der Waals surface area contributed by atoms with Crippen molar-refractivity contribution in [3.8, 4) is 0 Å². The molecule has 0 unspecified atom stereocenters. The van der Waals surface area contributed by atoms with Crippen LogP contribution in [0.4, 0.5) is 5.69 Å². The van der Waals surface area contributed by atoms with Gasteiger partial charge in [0.15, 0.2) is 5.15 Å². The molecule has 0 aliphatic rings. The fourth-order valence-electron chi connectivity index (χ4n) is 2.52. The zero-order chi connectivity index (χ0) is 17.7. The van der Waals surface area contributed by atoms with Gasteiger partial charge in [-0.05, 0) is 6.42 Å². The van der Waals surface area contributed by atoms with Crippen molar-refractivity contribution in [2.45, 2.75) is 39.2 Å². The minimum atomic E-state index is -1.28. The number of carboxylic acid groups (broad SMARTS) is 1. The predicted molar refractivity (Wildman–Crippen MR) is 86.8 cm³/mol. The van der Waals surface area contributed by atoms with E-state index in [1.807, 2.05) is 6.92 Å². The number of halogens is 1. The van der Waals surface area contributed by atoms with Gasteiger partial charge in [0.1, 0.15) is 5.82 Å². The van der Waals surface area contributed by atoms with Crippen LogP contribution >= 0.6 is 11.6 Å². The van der Waals surface area contributed by atoms with Crippen molar-refractivity contribution in [1.82, 2.24) is 9.55 Å². The number of para-hydroxylation sites is 1. The molecule has 1 heterocycles. The first kappa shape index (κ1) is 21.6. The molecule has 9 heteroatoms. The van der Waals surface area contributed by atoms with Crippen molar-refractivity contribution >= 4 is 23.3 Å². The molecule has 0 aliphatic carbocycles. The molecule has 0 radical (unpaired) electrons. The molecule has 0 atom stereocenters. The molecule has 0 spiro atoms. The first-order chi connectivity index (χ1) is 11.4. The Kier molecular flexibility index (Phi) is 8.58. The van der Waals surface area contributed by atoms with Crippen molar-refractivity contribution in [2.75, 3.05) is 0 Å². The number of aryl methyl sites for hydroxylation is 1. The number of nitro groups is 1. The minimum Gasteiger partial charge on any atom is -0.550 e. The molecule has 0 saturated carbocycles. The predicted octanol–water partition coefficient (Wildman–Crippen LogP) is -0.868. The summed E-state index contributed by atoms with van der Waals surface area (Å²) in [5.74, 6) is -0.654. The zero-order valence-electron chi connectivity index (χ0n) is 14.2. The Morgan fingerprint density at radius 1 is 1.36 bits per heavy atom. The van der Waals surface area contributed by atoms with Crippen molar-refractivity contribution in [3.05, 3.63) is 56.6 Å². The molecule has 1 aromatic heterocycles. The van der Waals surface area contributed by atoms with Gasteiger partial charge >= 0.3 is 29.6 Å². The van der Waals surface area contributed by atoms with Crippen molar-refractivity contribution in [2.24, 2.45) is 0 Å². The molecule has 2 rings (SSSR count). The van der Waals surface area contributed by atoms with Crippen molar-refractivity contribution in [1.29, 1.82) is 0 Å². The number of nitrogens with zero attached hydrogens (tertiary/aromatic N) is 3. The summed E-state index contributed by atoms with van der Waals surface area (Å²) < 4.78 is 1.65. The van der Waals surface area contributed by atoms with E-state index in [-0.39, 0.29) is 46.9 Å². The van der Waals surface area contributed by atoms with Crippen LogP contribution in [0.5, 0.6) is 0 Å². The summed E-state index contributed by atoms with van der Waals surface area (Å²) >= 11 is 6.08. The molecule has 0 bridgehead atoms. The Labute approximate surface area is 172 Å². The Morgan fingerprint density at radius 3 is 2.64 bits per heavy atom. The summed E-state index contributed by atoms with van der Waals surface area (Å²) in [6.45, 7) is 2.16. The van der Waals surface area contributed by atoms with Gasteiger partial charge in [-0.3, -0.25) is 10.1 Å². The van der Waals surface area contributed by atoms with Gasteiger partial charge in [0.2, 0.25) is 0 Å². The van der Waals surface area contributed by atoms with E-state index >= 15 is 0 Å². The number of nitro benzene ring substituents is 1. The topological polar surface area (TPSA) is 101 Å². The van der Waals surface area contributed by atoms with Gasteiger partial charge in [-0.25, -0.2) is 4.98 Å². The molecule has 0 aliphatic heterocycles. The number of imidazole rings is 1. The Hall–Kier alpha value is -1.41. The van der Waals surface area contributed by atoms with Gasteiger partial charge in [-0.15, -0.1) is 0 Å². The second-order valence-electron chi connectivity index (χ2n) is 5.39. The molecule has 128 valence electrons. The molecular formula is C16H17ClN3NaO4. The zero-order valence-corrected chi connectivity index (χ0v) is 17.0. The number of unbranched alkanes of at least 4 members (excludes halogenated alkanes) is 1. The summed E-state index contributed by atoms with van der Waals surface area (Å²) in [4.78, 5) is 26.0. The maximum absolute atomic E-state index is 11.2. The van der Waals surface area contributed by atoms with E-state index in [1.54, 1.807) is 22.8 Å². The standard InChI is InChI=1S/C16H18ClN3O4.Na/c1-2-3-8-14-18-16(17)13(9-15(21)22)19(14)10-11-6-4-5-7-12(11)20(23)24;/h4-7H,2-3,8-10H2,1H3,(H,21,22);/q;+1/p-1. The monoisotopic (exact) mass is 373 g/mol. The van der Waals surface area contributed by atoms with E-state index in [9.17, 15) is 20.0 Å². The Balaban J connectivity index is 0.00000312. The van der Waals surface area contributed by atoms with Crippen LogP contribution in [0.3, 0.4) is 0 Å². The van der Waals surface area contributed by atoms with E-state index in [0.29, 0.717) is 23.5 Å². The molecule has 25 heavy (non-hydrogen) atoms. The van der Waals surface area contributed by atoms with E-state index in [0.717, 1.165) is 12.8 Å². The van der Waals surface area contributed by atoms with E-state index in [4.69, 9.17) is 11.6 Å². The smallest absolute Gasteiger partial charge is 0.550 e. The average Bonchev–Trinajstić information content (AvgIpc) is 2.81. The number of aliphatic carboxylic acids is 1. The van der Waals surface area contributed by atoms with Gasteiger partial charge in [0, 0.05) is 30.4 Å². The number of benzene rings is 1. The first-order valence-corrected chi connectivity index (χ1v) is 7.97. The third kappa shape index (κ3) is 5.54. The SMILES string of the molecule is CCCCc1nc(Cl)c(CC(=O)[O-])n1Cc1ccccc1[N+](=O)[O-].[Na+]. The number of carbonyl (C=O) groups is 1.